The second kappa shape index (κ2) is 10.4. The van der Waals surface area contributed by atoms with Crippen LogP contribution in [0.1, 0.15) is 12.5 Å². The minimum Gasteiger partial charge on any atom is -0.493 e. The SMILES string of the molecule is COc1ccc(C[C@@]2(C)NC(=O)N(CC(=O)Nc3ccc(Oc4ccccc4)cc3)C2=O)cc1OC. The number of amides is 4. The van der Waals surface area contributed by atoms with Crippen LogP contribution in [0.2, 0.25) is 0 Å². The molecule has 1 saturated heterocycles. The number of ether oxygens (including phenoxy) is 3. The van der Waals surface area contributed by atoms with Gasteiger partial charge in [-0.3, -0.25) is 14.5 Å². The van der Waals surface area contributed by atoms with E-state index in [1.54, 1.807) is 49.4 Å². The van der Waals surface area contributed by atoms with Crippen molar-refractivity contribution in [2.75, 3.05) is 26.1 Å². The fourth-order valence-corrected chi connectivity index (χ4v) is 3.98. The zero-order valence-electron chi connectivity index (χ0n) is 20.2. The van der Waals surface area contributed by atoms with Crippen molar-refractivity contribution in [3.05, 3.63) is 78.4 Å². The predicted molar refractivity (Wildman–Crippen MR) is 133 cm³/mol. The van der Waals surface area contributed by atoms with E-state index < -0.39 is 29.9 Å². The van der Waals surface area contributed by atoms with Crippen LogP contribution in [0.25, 0.3) is 0 Å². The average Bonchev–Trinajstić information content (AvgIpc) is 3.08. The van der Waals surface area contributed by atoms with Crippen LogP contribution < -0.4 is 24.8 Å². The number of para-hydroxylation sites is 1. The number of carbonyl (C=O) groups is 3. The van der Waals surface area contributed by atoms with Gasteiger partial charge in [0.1, 0.15) is 23.6 Å². The minimum absolute atomic E-state index is 0.221. The topological polar surface area (TPSA) is 106 Å². The van der Waals surface area contributed by atoms with Gasteiger partial charge in [-0.2, -0.15) is 0 Å². The van der Waals surface area contributed by atoms with Gasteiger partial charge < -0.3 is 24.8 Å². The van der Waals surface area contributed by atoms with E-state index in [-0.39, 0.29) is 6.42 Å². The van der Waals surface area contributed by atoms with Crippen molar-refractivity contribution in [3.63, 3.8) is 0 Å². The Bertz CT molecular complexity index is 1260. The number of benzene rings is 3. The number of carbonyl (C=O) groups excluding carboxylic acids is 3. The fourth-order valence-electron chi connectivity index (χ4n) is 3.98. The van der Waals surface area contributed by atoms with Crippen molar-refractivity contribution in [2.45, 2.75) is 18.9 Å². The van der Waals surface area contributed by atoms with E-state index in [1.165, 1.54) is 14.2 Å². The first kappa shape index (κ1) is 24.6. The highest BCUT2D eigenvalue weighted by molar-refractivity contribution is 6.10. The molecule has 1 fully saturated rings. The Balaban J connectivity index is 1.37. The summed E-state index contributed by atoms with van der Waals surface area (Å²) in [5.41, 5.74) is 0.0846. The third-order valence-electron chi connectivity index (χ3n) is 5.77. The molecule has 0 spiro atoms. The Hall–Kier alpha value is -4.53. The van der Waals surface area contributed by atoms with E-state index in [1.807, 2.05) is 30.3 Å². The molecule has 1 aliphatic rings. The summed E-state index contributed by atoms with van der Waals surface area (Å²) in [7, 11) is 3.06. The van der Waals surface area contributed by atoms with Crippen LogP contribution in [0.5, 0.6) is 23.0 Å². The Labute approximate surface area is 209 Å². The van der Waals surface area contributed by atoms with Gasteiger partial charge in [-0.1, -0.05) is 24.3 Å². The molecule has 36 heavy (non-hydrogen) atoms. The van der Waals surface area contributed by atoms with Crippen molar-refractivity contribution in [1.29, 1.82) is 0 Å². The molecule has 0 unspecified atom stereocenters. The van der Waals surface area contributed by atoms with Crippen LogP contribution in [-0.4, -0.2) is 49.0 Å². The summed E-state index contributed by atoms with van der Waals surface area (Å²) in [6.07, 6.45) is 0.221. The van der Waals surface area contributed by atoms with E-state index in [0.717, 1.165) is 10.5 Å². The van der Waals surface area contributed by atoms with Crippen molar-refractivity contribution in [2.24, 2.45) is 0 Å². The van der Waals surface area contributed by atoms with Gasteiger partial charge in [0.2, 0.25) is 5.91 Å². The first-order valence-corrected chi connectivity index (χ1v) is 11.3. The van der Waals surface area contributed by atoms with Gasteiger partial charge in [0.25, 0.3) is 5.91 Å². The lowest BCUT2D eigenvalue weighted by atomic mass is 9.92. The lowest BCUT2D eigenvalue weighted by molar-refractivity contribution is -0.133. The summed E-state index contributed by atoms with van der Waals surface area (Å²) >= 11 is 0. The number of imide groups is 1. The van der Waals surface area contributed by atoms with E-state index in [2.05, 4.69) is 10.6 Å². The monoisotopic (exact) mass is 489 g/mol. The van der Waals surface area contributed by atoms with Crippen molar-refractivity contribution in [1.82, 2.24) is 10.2 Å². The highest BCUT2D eigenvalue weighted by atomic mass is 16.5. The second-order valence-corrected chi connectivity index (χ2v) is 8.51. The number of hydrogen-bond donors (Lipinski definition) is 2. The lowest BCUT2D eigenvalue weighted by Gasteiger charge is -2.22. The molecule has 3 aromatic carbocycles. The molecule has 3 aromatic rings. The summed E-state index contributed by atoms with van der Waals surface area (Å²) in [6.45, 7) is 1.22. The molecule has 0 aromatic heterocycles. The molecule has 0 aliphatic carbocycles. The van der Waals surface area contributed by atoms with E-state index in [4.69, 9.17) is 14.2 Å². The van der Waals surface area contributed by atoms with Crippen LogP contribution in [0.4, 0.5) is 10.5 Å². The van der Waals surface area contributed by atoms with E-state index >= 15 is 0 Å². The highest BCUT2D eigenvalue weighted by Crippen LogP contribution is 2.30. The molecule has 0 radical (unpaired) electrons. The fraction of sp³-hybridized carbons (Fsp3) is 0.222. The minimum atomic E-state index is -1.20. The summed E-state index contributed by atoms with van der Waals surface area (Å²) < 4.78 is 16.3. The number of nitrogens with one attached hydrogen (secondary N) is 2. The molecule has 0 bridgehead atoms. The molecule has 186 valence electrons. The molecule has 4 amide bonds. The summed E-state index contributed by atoms with van der Waals surface area (Å²) in [5.74, 6) is 1.41. The maximum absolute atomic E-state index is 13.1. The standard InChI is InChI=1S/C27H27N3O6/c1-27(16-18-9-14-22(34-2)23(15-18)35-3)25(32)30(26(33)29-27)17-24(31)28-19-10-12-21(13-11-19)36-20-7-5-4-6-8-20/h4-15H,16-17H2,1-3H3,(H,28,31)(H,29,33)/t27-/m1/s1. The quantitative estimate of drug-likeness (QED) is 0.441. The maximum Gasteiger partial charge on any atom is 0.325 e. The average molecular weight is 490 g/mol. The predicted octanol–water partition coefficient (Wildman–Crippen LogP) is 3.99. The number of hydrogen-bond acceptors (Lipinski definition) is 6. The molecule has 4 rings (SSSR count). The third kappa shape index (κ3) is 5.41. The zero-order chi connectivity index (χ0) is 25.7. The molecule has 9 nitrogen and oxygen atoms in total. The number of nitrogens with zero attached hydrogens (tertiary/aromatic N) is 1. The third-order valence-corrected chi connectivity index (χ3v) is 5.77. The molecule has 1 aliphatic heterocycles. The first-order valence-electron chi connectivity index (χ1n) is 11.3. The second-order valence-electron chi connectivity index (χ2n) is 8.51. The number of anilines is 1. The van der Waals surface area contributed by atoms with Crippen LogP contribution in [0.3, 0.4) is 0 Å². The smallest absolute Gasteiger partial charge is 0.325 e. The van der Waals surface area contributed by atoms with E-state index in [0.29, 0.717) is 28.7 Å². The number of rotatable bonds is 9. The van der Waals surface area contributed by atoms with Gasteiger partial charge in [-0.05, 0) is 61.0 Å². The molecular weight excluding hydrogens is 462 g/mol. The summed E-state index contributed by atoms with van der Waals surface area (Å²) in [6, 6.07) is 20.8. The van der Waals surface area contributed by atoms with Gasteiger partial charge in [-0.25, -0.2) is 4.79 Å². The van der Waals surface area contributed by atoms with Crippen LogP contribution in [-0.2, 0) is 16.0 Å². The Morgan fingerprint density at radius 1 is 0.917 bits per heavy atom. The maximum atomic E-state index is 13.1. The highest BCUT2D eigenvalue weighted by Gasteiger charge is 2.48. The van der Waals surface area contributed by atoms with Gasteiger partial charge in [-0.15, -0.1) is 0 Å². The van der Waals surface area contributed by atoms with Gasteiger partial charge in [0, 0.05) is 12.1 Å². The van der Waals surface area contributed by atoms with Gasteiger partial charge in [0.15, 0.2) is 11.5 Å². The molecule has 1 heterocycles. The Morgan fingerprint density at radius 3 is 2.25 bits per heavy atom. The first-order chi connectivity index (χ1) is 17.3. The summed E-state index contributed by atoms with van der Waals surface area (Å²) in [4.78, 5) is 39.2. The van der Waals surface area contributed by atoms with Gasteiger partial charge in [0.05, 0.1) is 14.2 Å². The largest absolute Gasteiger partial charge is 0.493 e. The molecule has 0 saturated carbocycles. The Kier molecular flexibility index (Phi) is 7.10. The molecule has 1 atom stereocenters. The number of methoxy groups -OCH3 is 2. The zero-order valence-corrected chi connectivity index (χ0v) is 20.2. The van der Waals surface area contributed by atoms with Gasteiger partial charge >= 0.3 is 6.03 Å². The van der Waals surface area contributed by atoms with Crippen molar-refractivity contribution >= 4 is 23.5 Å². The Morgan fingerprint density at radius 2 is 1.58 bits per heavy atom. The summed E-state index contributed by atoms with van der Waals surface area (Å²) in [5, 5.41) is 5.42. The lowest BCUT2D eigenvalue weighted by Crippen LogP contribution is -2.46. The van der Waals surface area contributed by atoms with Crippen LogP contribution in [0.15, 0.2) is 72.8 Å². The van der Waals surface area contributed by atoms with Crippen LogP contribution in [0, 0.1) is 0 Å². The molecular formula is C27H27N3O6. The normalized spacial score (nSPS) is 16.9. The van der Waals surface area contributed by atoms with Crippen LogP contribution >= 0.6 is 0 Å². The van der Waals surface area contributed by atoms with Crippen molar-refractivity contribution < 1.29 is 28.6 Å². The number of urea groups is 1. The molecule has 9 heteroatoms. The molecule has 2 N–H and O–H groups in total. The van der Waals surface area contributed by atoms with E-state index in [9.17, 15) is 14.4 Å². The van der Waals surface area contributed by atoms with Crippen molar-refractivity contribution in [3.8, 4) is 23.0 Å².